The van der Waals surface area contributed by atoms with Gasteiger partial charge in [0.05, 0.1) is 6.54 Å². The molecule has 1 aliphatic carbocycles. The van der Waals surface area contributed by atoms with Gasteiger partial charge in [0, 0.05) is 51.5 Å². The van der Waals surface area contributed by atoms with Crippen LogP contribution in [0.25, 0.3) is 0 Å². The molecule has 1 amide bonds. The lowest BCUT2D eigenvalue weighted by molar-refractivity contribution is -0.135. The summed E-state index contributed by atoms with van der Waals surface area (Å²) in [7, 11) is 1.83. The van der Waals surface area contributed by atoms with E-state index in [4.69, 9.17) is 4.74 Å². The number of piperazine rings is 1. The van der Waals surface area contributed by atoms with E-state index in [1.165, 1.54) is 38.8 Å². The Morgan fingerprint density at radius 2 is 1.92 bits per heavy atom. The SMILES string of the molecule is CN=C(NCC1(N2CCCC2)CCOCC1)N1CCN(C2CC2)C(=O)C1. The summed E-state index contributed by atoms with van der Waals surface area (Å²) in [4.78, 5) is 23.8. The van der Waals surface area contributed by atoms with Crippen LogP contribution in [0, 0.1) is 0 Å². The van der Waals surface area contributed by atoms with Gasteiger partial charge in [0.25, 0.3) is 0 Å². The lowest BCUT2D eigenvalue weighted by Crippen LogP contribution is -2.61. The molecule has 0 spiro atoms. The van der Waals surface area contributed by atoms with E-state index < -0.39 is 0 Å². The van der Waals surface area contributed by atoms with Crippen molar-refractivity contribution in [3.8, 4) is 0 Å². The van der Waals surface area contributed by atoms with Crippen LogP contribution in [-0.4, -0.2) is 97.7 Å². The highest BCUT2D eigenvalue weighted by Gasteiger charge is 2.40. The maximum absolute atomic E-state index is 12.5. The fourth-order valence-corrected chi connectivity index (χ4v) is 4.76. The summed E-state index contributed by atoms with van der Waals surface area (Å²) in [6.07, 6.45) is 7.11. The summed E-state index contributed by atoms with van der Waals surface area (Å²) in [5.74, 6) is 1.13. The number of carbonyl (C=O) groups is 1. The van der Waals surface area contributed by atoms with Gasteiger partial charge in [0.2, 0.25) is 5.91 Å². The molecule has 7 heteroatoms. The van der Waals surface area contributed by atoms with Crippen LogP contribution in [0.1, 0.15) is 38.5 Å². The highest BCUT2D eigenvalue weighted by Crippen LogP contribution is 2.31. The number of guanidine groups is 1. The number of likely N-dealkylation sites (tertiary alicyclic amines) is 1. The normalized spacial score (nSPS) is 27.9. The van der Waals surface area contributed by atoms with Crippen molar-refractivity contribution in [2.24, 2.45) is 4.99 Å². The van der Waals surface area contributed by atoms with E-state index in [0.29, 0.717) is 12.6 Å². The molecule has 3 aliphatic heterocycles. The van der Waals surface area contributed by atoms with Gasteiger partial charge in [-0.3, -0.25) is 14.7 Å². The van der Waals surface area contributed by atoms with Crippen molar-refractivity contribution in [3.05, 3.63) is 0 Å². The molecule has 3 saturated heterocycles. The Labute approximate surface area is 156 Å². The number of hydrogen-bond donors (Lipinski definition) is 1. The van der Waals surface area contributed by atoms with Gasteiger partial charge in [-0.15, -0.1) is 0 Å². The van der Waals surface area contributed by atoms with E-state index >= 15 is 0 Å². The fraction of sp³-hybridized carbons (Fsp3) is 0.895. The summed E-state index contributed by atoms with van der Waals surface area (Å²) in [5.41, 5.74) is 0.171. The van der Waals surface area contributed by atoms with Crippen molar-refractivity contribution in [1.29, 1.82) is 0 Å². The zero-order chi connectivity index (χ0) is 18.0. The number of hydrogen-bond acceptors (Lipinski definition) is 4. The predicted molar refractivity (Wildman–Crippen MR) is 101 cm³/mol. The fourth-order valence-electron chi connectivity index (χ4n) is 4.76. The van der Waals surface area contributed by atoms with Gasteiger partial charge in [-0.2, -0.15) is 0 Å². The van der Waals surface area contributed by atoms with Crippen molar-refractivity contribution in [2.75, 3.05) is 59.5 Å². The predicted octanol–water partition coefficient (Wildman–Crippen LogP) is 0.513. The zero-order valence-corrected chi connectivity index (χ0v) is 16.1. The van der Waals surface area contributed by atoms with Crippen LogP contribution in [0.3, 0.4) is 0 Å². The molecule has 4 fully saturated rings. The Balaban J connectivity index is 1.37. The molecule has 0 aromatic carbocycles. The van der Waals surface area contributed by atoms with E-state index in [1.807, 2.05) is 7.05 Å². The van der Waals surface area contributed by atoms with Crippen molar-refractivity contribution in [1.82, 2.24) is 20.0 Å². The van der Waals surface area contributed by atoms with Gasteiger partial charge in [0.15, 0.2) is 5.96 Å². The molecule has 7 nitrogen and oxygen atoms in total. The number of aliphatic imine (C=N–C) groups is 1. The van der Waals surface area contributed by atoms with E-state index in [9.17, 15) is 4.79 Å². The molecule has 3 heterocycles. The lowest BCUT2D eigenvalue weighted by atomic mass is 9.88. The highest BCUT2D eigenvalue weighted by molar-refractivity contribution is 5.88. The molecule has 0 aromatic heterocycles. The van der Waals surface area contributed by atoms with Crippen molar-refractivity contribution in [2.45, 2.75) is 50.1 Å². The minimum Gasteiger partial charge on any atom is -0.381 e. The second kappa shape index (κ2) is 7.72. The number of nitrogens with one attached hydrogen (secondary N) is 1. The minimum absolute atomic E-state index is 0.171. The van der Waals surface area contributed by atoms with Crippen molar-refractivity contribution < 1.29 is 9.53 Å². The summed E-state index contributed by atoms with van der Waals surface area (Å²) >= 11 is 0. The third-order valence-corrected chi connectivity index (χ3v) is 6.53. The Kier molecular flexibility index (Phi) is 5.36. The molecule has 4 aliphatic rings. The van der Waals surface area contributed by atoms with Crippen LogP contribution in [-0.2, 0) is 9.53 Å². The Morgan fingerprint density at radius 3 is 2.54 bits per heavy atom. The first-order valence-electron chi connectivity index (χ1n) is 10.3. The van der Waals surface area contributed by atoms with Gasteiger partial charge in [-0.05, 0) is 51.6 Å². The van der Waals surface area contributed by atoms with Gasteiger partial charge >= 0.3 is 0 Å². The van der Waals surface area contributed by atoms with Crippen LogP contribution in [0.15, 0.2) is 4.99 Å². The summed E-state index contributed by atoms with van der Waals surface area (Å²) in [6.45, 7) is 7.12. The molecule has 0 radical (unpaired) electrons. The van der Waals surface area contributed by atoms with Gasteiger partial charge < -0.3 is 19.9 Å². The van der Waals surface area contributed by atoms with E-state index in [-0.39, 0.29) is 11.4 Å². The highest BCUT2D eigenvalue weighted by atomic mass is 16.5. The molecular weight excluding hydrogens is 330 g/mol. The third-order valence-electron chi connectivity index (χ3n) is 6.53. The molecule has 0 aromatic rings. The summed E-state index contributed by atoms with van der Waals surface area (Å²) in [5, 5.41) is 3.61. The summed E-state index contributed by atoms with van der Waals surface area (Å²) in [6, 6.07) is 0.514. The lowest BCUT2D eigenvalue weighted by Gasteiger charge is -2.45. The minimum atomic E-state index is 0.171. The van der Waals surface area contributed by atoms with Gasteiger partial charge in [-0.1, -0.05) is 0 Å². The standard InChI is InChI=1S/C19H33N5O2/c1-20-18(22-10-11-24(16-4-5-16)17(25)14-22)21-15-19(6-12-26-13-7-19)23-8-2-3-9-23/h16H,2-15H2,1H3,(H,20,21). The molecule has 0 unspecified atom stereocenters. The van der Waals surface area contributed by atoms with Crippen molar-refractivity contribution >= 4 is 11.9 Å². The molecule has 1 N–H and O–H groups in total. The molecule has 0 atom stereocenters. The maximum Gasteiger partial charge on any atom is 0.242 e. The second-order valence-electron chi connectivity index (χ2n) is 8.17. The number of amides is 1. The first-order valence-corrected chi connectivity index (χ1v) is 10.3. The Hall–Kier alpha value is -1.34. The topological polar surface area (TPSA) is 60.4 Å². The van der Waals surface area contributed by atoms with Gasteiger partial charge in [0.1, 0.15) is 0 Å². The number of nitrogens with zero attached hydrogens (tertiary/aromatic N) is 4. The molecular formula is C19H33N5O2. The first kappa shape index (κ1) is 18.0. The maximum atomic E-state index is 12.5. The van der Waals surface area contributed by atoms with Crippen LogP contribution in [0.5, 0.6) is 0 Å². The quantitative estimate of drug-likeness (QED) is 0.583. The zero-order valence-electron chi connectivity index (χ0n) is 16.1. The number of carbonyl (C=O) groups excluding carboxylic acids is 1. The van der Waals surface area contributed by atoms with E-state index in [0.717, 1.165) is 51.6 Å². The number of rotatable bonds is 4. The monoisotopic (exact) mass is 363 g/mol. The van der Waals surface area contributed by atoms with Crippen LogP contribution >= 0.6 is 0 Å². The van der Waals surface area contributed by atoms with Crippen LogP contribution < -0.4 is 5.32 Å². The van der Waals surface area contributed by atoms with E-state index in [1.54, 1.807) is 0 Å². The molecule has 1 saturated carbocycles. The molecule has 146 valence electrons. The van der Waals surface area contributed by atoms with Crippen LogP contribution in [0.4, 0.5) is 0 Å². The van der Waals surface area contributed by atoms with Crippen molar-refractivity contribution in [3.63, 3.8) is 0 Å². The Bertz CT molecular complexity index is 536. The average molecular weight is 364 g/mol. The number of ether oxygens (including phenoxy) is 1. The Morgan fingerprint density at radius 1 is 1.19 bits per heavy atom. The largest absolute Gasteiger partial charge is 0.381 e. The van der Waals surface area contributed by atoms with Gasteiger partial charge in [-0.25, -0.2) is 0 Å². The molecule has 0 bridgehead atoms. The third kappa shape index (κ3) is 3.69. The second-order valence-corrected chi connectivity index (χ2v) is 8.17. The van der Waals surface area contributed by atoms with E-state index in [2.05, 4.69) is 25.0 Å². The smallest absolute Gasteiger partial charge is 0.242 e. The first-order chi connectivity index (χ1) is 12.7. The van der Waals surface area contributed by atoms with Crippen LogP contribution in [0.2, 0.25) is 0 Å². The molecule has 4 rings (SSSR count). The average Bonchev–Trinajstić information content (AvgIpc) is 3.35. The summed E-state index contributed by atoms with van der Waals surface area (Å²) < 4.78 is 5.64. The molecule has 26 heavy (non-hydrogen) atoms.